The number of ether oxygens (including phenoxy) is 1. The topological polar surface area (TPSA) is 42.7 Å². The monoisotopic (exact) mass is 286 g/mol. The molecule has 1 saturated heterocycles. The first kappa shape index (κ1) is 13.2. The quantitative estimate of drug-likeness (QED) is 0.844. The number of nitrogens with zero attached hydrogens (tertiary/aromatic N) is 4. The highest BCUT2D eigenvalue weighted by molar-refractivity contribution is 5.29. The average molecular weight is 286 g/mol. The van der Waals surface area contributed by atoms with Gasteiger partial charge in [0.1, 0.15) is 0 Å². The first-order chi connectivity index (χ1) is 10.4. The van der Waals surface area contributed by atoms with Crippen molar-refractivity contribution in [1.29, 1.82) is 0 Å². The Hall–Kier alpha value is -1.46. The largest absolute Gasteiger partial charge is 0.377 e. The maximum Gasteiger partial charge on any atom is 0.233 e. The fourth-order valence-electron chi connectivity index (χ4n) is 3.03. The summed E-state index contributed by atoms with van der Waals surface area (Å²) in [6.07, 6.45) is 11.4. The molecule has 112 valence electrons. The zero-order valence-corrected chi connectivity index (χ0v) is 12.3. The summed E-state index contributed by atoms with van der Waals surface area (Å²) in [7, 11) is 0. The first-order valence-corrected chi connectivity index (χ1v) is 7.99. The number of piperidine rings is 1. The fourth-order valence-corrected chi connectivity index (χ4v) is 3.03. The van der Waals surface area contributed by atoms with Crippen LogP contribution in [0.15, 0.2) is 24.7 Å². The summed E-state index contributed by atoms with van der Waals surface area (Å²) in [5, 5.41) is 0. The van der Waals surface area contributed by atoms with Crippen LogP contribution in [0, 0.1) is 5.92 Å². The second-order valence-electron chi connectivity index (χ2n) is 6.34. The number of rotatable bonds is 5. The summed E-state index contributed by atoms with van der Waals surface area (Å²) in [4.78, 5) is 11.3. The number of likely N-dealkylation sites (tertiary alicyclic amines) is 1. The molecule has 0 bridgehead atoms. The average Bonchev–Trinajstić information content (AvgIpc) is 3.24. The third-order valence-corrected chi connectivity index (χ3v) is 4.40. The molecule has 0 aromatic carbocycles. The minimum Gasteiger partial charge on any atom is -0.377 e. The molecule has 5 nitrogen and oxygen atoms in total. The van der Waals surface area contributed by atoms with Gasteiger partial charge in [-0.3, -0.25) is 9.30 Å². The van der Waals surface area contributed by atoms with Gasteiger partial charge in [0.25, 0.3) is 0 Å². The zero-order chi connectivity index (χ0) is 14.1. The lowest BCUT2D eigenvalue weighted by molar-refractivity contribution is -0.00748. The van der Waals surface area contributed by atoms with Crippen LogP contribution in [0.4, 0.5) is 0 Å². The van der Waals surface area contributed by atoms with Crippen molar-refractivity contribution in [3.8, 4) is 0 Å². The Morgan fingerprint density at radius 3 is 3.10 bits per heavy atom. The van der Waals surface area contributed by atoms with Gasteiger partial charge in [0.05, 0.1) is 11.8 Å². The van der Waals surface area contributed by atoms with Crippen molar-refractivity contribution < 1.29 is 4.74 Å². The fraction of sp³-hybridized carbons (Fsp3) is 0.625. The molecule has 1 saturated carbocycles. The third kappa shape index (κ3) is 3.24. The lowest BCUT2D eigenvalue weighted by Gasteiger charge is -2.32. The molecule has 5 heteroatoms. The predicted molar refractivity (Wildman–Crippen MR) is 80.0 cm³/mol. The van der Waals surface area contributed by atoms with Crippen LogP contribution in [0.3, 0.4) is 0 Å². The summed E-state index contributed by atoms with van der Waals surface area (Å²) >= 11 is 0. The highest BCUT2D eigenvalue weighted by Gasteiger charge is 2.26. The third-order valence-electron chi connectivity index (χ3n) is 4.40. The van der Waals surface area contributed by atoms with Gasteiger partial charge in [-0.05, 0) is 44.2 Å². The molecule has 0 spiro atoms. The molecule has 0 radical (unpaired) electrons. The molecule has 3 heterocycles. The Balaban J connectivity index is 1.36. The van der Waals surface area contributed by atoms with Crippen LogP contribution in [-0.4, -0.2) is 45.1 Å². The minimum atomic E-state index is 0.412. The molecule has 1 unspecified atom stereocenters. The lowest BCUT2D eigenvalue weighted by atomic mass is 10.1. The molecule has 2 aliphatic rings. The molecular formula is C16H22N4O. The standard InChI is InChI=1S/C16H22N4O/c1-3-15(21-12-13-4-5-13)11-19(7-1)9-14-10-20-8-2-6-17-16(20)18-14/h2,6,8,10,13,15H,1,3-5,7,9,11-12H2. The number of fused-ring (bicyclic) bond motifs is 1. The van der Waals surface area contributed by atoms with E-state index in [1.165, 1.54) is 25.7 Å². The van der Waals surface area contributed by atoms with Crippen molar-refractivity contribution in [2.75, 3.05) is 19.7 Å². The number of aromatic nitrogens is 3. The van der Waals surface area contributed by atoms with Gasteiger partial charge < -0.3 is 4.74 Å². The van der Waals surface area contributed by atoms with E-state index in [9.17, 15) is 0 Å². The highest BCUT2D eigenvalue weighted by atomic mass is 16.5. The van der Waals surface area contributed by atoms with E-state index in [4.69, 9.17) is 4.74 Å². The van der Waals surface area contributed by atoms with Crippen LogP contribution < -0.4 is 0 Å². The van der Waals surface area contributed by atoms with Crippen molar-refractivity contribution in [1.82, 2.24) is 19.3 Å². The maximum absolute atomic E-state index is 6.05. The number of imidazole rings is 1. The Morgan fingerprint density at radius 2 is 2.24 bits per heavy atom. The Kier molecular flexibility index (Phi) is 3.61. The Labute approximate surface area is 124 Å². The van der Waals surface area contributed by atoms with E-state index >= 15 is 0 Å². The SMILES string of the molecule is c1cnc2nc(CN3CCCC(OCC4CC4)C3)cn2c1. The molecule has 4 rings (SSSR count). The summed E-state index contributed by atoms with van der Waals surface area (Å²) in [6.45, 7) is 4.04. The molecule has 0 amide bonds. The van der Waals surface area contributed by atoms with E-state index in [0.29, 0.717) is 6.10 Å². The molecule has 1 aliphatic carbocycles. The van der Waals surface area contributed by atoms with E-state index in [1.54, 1.807) is 6.20 Å². The van der Waals surface area contributed by atoms with Crippen LogP contribution in [0.5, 0.6) is 0 Å². The summed E-state index contributed by atoms with van der Waals surface area (Å²) in [5.41, 5.74) is 1.09. The normalized spacial score (nSPS) is 23.7. The number of hydrogen-bond donors (Lipinski definition) is 0. The minimum absolute atomic E-state index is 0.412. The second kappa shape index (κ2) is 5.73. The Morgan fingerprint density at radius 1 is 1.29 bits per heavy atom. The smallest absolute Gasteiger partial charge is 0.233 e. The van der Waals surface area contributed by atoms with Crippen molar-refractivity contribution in [2.45, 2.75) is 38.3 Å². The van der Waals surface area contributed by atoms with Gasteiger partial charge >= 0.3 is 0 Å². The molecule has 2 aromatic heterocycles. The molecule has 21 heavy (non-hydrogen) atoms. The molecular weight excluding hydrogens is 264 g/mol. The van der Waals surface area contributed by atoms with Gasteiger partial charge in [0.2, 0.25) is 5.78 Å². The van der Waals surface area contributed by atoms with E-state index in [0.717, 1.165) is 43.6 Å². The molecule has 2 fully saturated rings. The summed E-state index contributed by atoms with van der Waals surface area (Å²) in [6, 6.07) is 1.93. The van der Waals surface area contributed by atoms with Gasteiger partial charge in [-0.2, -0.15) is 0 Å². The van der Waals surface area contributed by atoms with Gasteiger partial charge in [-0.1, -0.05) is 0 Å². The first-order valence-electron chi connectivity index (χ1n) is 7.99. The lowest BCUT2D eigenvalue weighted by Crippen LogP contribution is -2.39. The van der Waals surface area contributed by atoms with Crippen LogP contribution in [0.25, 0.3) is 5.78 Å². The van der Waals surface area contributed by atoms with Crippen molar-refractivity contribution in [3.05, 3.63) is 30.4 Å². The van der Waals surface area contributed by atoms with Gasteiger partial charge in [-0.25, -0.2) is 9.97 Å². The molecule has 1 atom stereocenters. The van der Waals surface area contributed by atoms with Crippen LogP contribution >= 0.6 is 0 Å². The van der Waals surface area contributed by atoms with E-state index < -0.39 is 0 Å². The van der Waals surface area contributed by atoms with Crippen LogP contribution in [0.1, 0.15) is 31.4 Å². The predicted octanol–water partition coefficient (Wildman–Crippen LogP) is 2.12. The van der Waals surface area contributed by atoms with Crippen molar-refractivity contribution in [3.63, 3.8) is 0 Å². The van der Waals surface area contributed by atoms with Crippen molar-refractivity contribution in [2.24, 2.45) is 5.92 Å². The van der Waals surface area contributed by atoms with Crippen LogP contribution in [-0.2, 0) is 11.3 Å². The molecule has 0 N–H and O–H groups in total. The highest BCUT2D eigenvalue weighted by Crippen LogP contribution is 2.30. The van der Waals surface area contributed by atoms with E-state index in [2.05, 4.69) is 21.1 Å². The van der Waals surface area contributed by atoms with Gasteiger partial charge in [0.15, 0.2) is 0 Å². The zero-order valence-electron chi connectivity index (χ0n) is 12.3. The maximum atomic E-state index is 6.05. The van der Waals surface area contributed by atoms with E-state index in [1.807, 2.05) is 16.7 Å². The summed E-state index contributed by atoms with van der Waals surface area (Å²) < 4.78 is 8.04. The Bertz CT molecular complexity index is 574. The van der Waals surface area contributed by atoms with Crippen molar-refractivity contribution >= 4 is 5.78 Å². The molecule has 1 aliphatic heterocycles. The summed E-state index contributed by atoms with van der Waals surface area (Å²) in [5.74, 6) is 1.64. The van der Waals surface area contributed by atoms with Gasteiger partial charge in [-0.15, -0.1) is 0 Å². The van der Waals surface area contributed by atoms with E-state index in [-0.39, 0.29) is 0 Å². The number of hydrogen-bond acceptors (Lipinski definition) is 4. The second-order valence-corrected chi connectivity index (χ2v) is 6.34. The molecule has 2 aromatic rings. The van der Waals surface area contributed by atoms with Crippen LogP contribution in [0.2, 0.25) is 0 Å². The van der Waals surface area contributed by atoms with Gasteiger partial charge in [0, 0.05) is 38.3 Å².